The van der Waals surface area contributed by atoms with Gasteiger partial charge in [0.05, 0.1) is 5.69 Å². The molecule has 2 N–H and O–H groups in total. The van der Waals surface area contributed by atoms with Gasteiger partial charge in [-0.2, -0.15) is 9.94 Å². The number of amides is 2. The fourth-order valence-electron chi connectivity index (χ4n) is 2.55. The summed E-state index contributed by atoms with van der Waals surface area (Å²) in [6.07, 6.45) is 0. The molecule has 0 saturated carbocycles. The van der Waals surface area contributed by atoms with E-state index in [1.807, 2.05) is 0 Å². The molecule has 1 aromatic carbocycles. The van der Waals surface area contributed by atoms with E-state index in [1.165, 1.54) is 26.2 Å². The Hall–Kier alpha value is -3.61. The minimum Gasteiger partial charge on any atom is -0.350 e. The van der Waals surface area contributed by atoms with Gasteiger partial charge in [-0.1, -0.05) is 18.2 Å². The number of H-pyrrole nitrogens is 1. The fraction of sp³-hybridized carbons (Fsp3) is 0.353. The van der Waals surface area contributed by atoms with E-state index in [4.69, 9.17) is 0 Å². The molecular weight excluding hydrogens is 352 g/mol. The summed E-state index contributed by atoms with van der Waals surface area (Å²) < 4.78 is 1.22. The summed E-state index contributed by atoms with van der Waals surface area (Å²) in [5, 5.41) is 14.4. The molecule has 0 aliphatic heterocycles. The van der Waals surface area contributed by atoms with Crippen molar-refractivity contribution in [2.45, 2.75) is 25.4 Å². The van der Waals surface area contributed by atoms with Gasteiger partial charge in [0.2, 0.25) is 0 Å². The van der Waals surface area contributed by atoms with Crippen molar-refractivity contribution in [3.05, 3.63) is 51.3 Å². The number of para-hydroxylation sites is 1. The zero-order valence-electron chi connectivity index (χ0n) is 15.4. The minimum absolute atomic E-state index is 0.232. The van der Waals surface area contributed by atoms with Crippen molar-refractivity contribution in [3.63, 3.8) is 0 Å². The number of likely N-dealkylation sites (N-methyl/N-ethyl adjacent to an activating group) is 1. The first-order valence-corrected chi connectivity index (χ1v) is 8.10. The van der Waals surface area contributed by atoms with Gasteiger partial charge < -0.3 is 10.2 Å². The van der Waals surface area contributed by atoms with Crippen molar-refractivity contribution in [1.82, 2.24) is 24.6 Å². The van der Waals surface area contributed by atoms with E-state index >= 15 is 0 Å². The van der Waals surface area contributed by atoms with Crippen LogP contribution in [0.4, 0.5) is 0 Å². The van der Waals surface area contributed by atoms with Crippen molar-refractivity contribution in [2.24, 2.45) is 0 Å². The van der Waals surface area contributed by atoms with E-state index < -0.39 is 34.8 Å². The average Bonchev–Trinajstić information content (AvgIpc) is 2.91. The number of rotatable bonds is 5. The van der Waals surface area contributed by atoms with Gasteiger partial charge in [-0.3, -0.25) is 9.59 Å². The zero-order valence-corrected chi connectivity index (χ0v) is 15.4. The van der Waals surface area contributed by atoms with E-state index in [1.54, 1.807) is 38.1 Å². The number of aromatic amines is 1. The van der Waals surface area contributed by atoms with Crippen molar-refractivity contribution in [1.29, 1.82) is 5.26 Å². The Bertz CT molecular complexity index is 1010. The van der Waals surface area contributed by atoms with E-state index in [2.05, 4.69) is 10.4 Å². The number of hydrogen-bond donors (Lipinski definition) is 2. The Balaban J connectivity index is 2.81. The molecule has 1 heterocycles. The highest BCUT2D eigenvalue weighted by molar-refractivity contribution is 6.10. The first kappa shape index (κ1) is 19.7. The van der Waals surface area contributed by atoms with E-state index in [-0.39, 0.29) is 5.69 Å². The number of nitriles is 1. The Labute approximate surface area is 154 Å². The summed E-state index contributed by atoms with van der Waals surface area (Å²) in [6, 6.07) is 9.18. The normalized spacial score (nSPS) is 12.9. The number of carbonyl (C=O) groups excluding carboxylic acids is 2. The Kier molecular flexibility index (Phi) is 5.35. The zero-order chi connectivity index (χ0) is 20.4. The Morgan fingerprint density at radius 2 is 1.81 bits per heavy atom. The standard InChI is InChI=1S/C17H20N6O4/c1-11(2)19-13(24)17(10-18,14(25)21(3)4)23-16(27)22(15(26)20-23)12-8-6-5-7-9-12/h5-9,11H,1-4H3,(H,19,24)(H,20,26). The van der Waals surface area contributed by atoms with Crippen LogP contribution >= 0.6 is 0 Å². The predicted octanol–water partition coefficient (Wildman–Crippen LogP) is -0.841. The van der Waals surface area contributed by atoms with Crippen LogP contribution in [0.2, 0.25) is 0 Å². The lowest BCUT2D eigenvalue weighted by molar-refractivity contribution is -0.144. The lowest BCUT2D eigenvalue weighted by Crippen LogP contribution is -2.61. The van der Waals surface area contributed by atoms with Crippen LogP contribution in [0.3, 0.4) is 0 Å². The summed E-state index contributed by atoms with van der Waals surface area (Å²) in [7, 11) is 2.68. The minimum atomic E-state index is -2.59. The molecule has 0 saturated heterocycles. The first-order valence-electron chi connectivity index (χ1n) is 8.10. The molecule has 0 bridgehead atoms. The van der Waals surface area contributed by atoms with Crippen LogP contribution in [0.15, 0.2) is 39.9 Å². The third kappa shape index (κ3) is 3.27. The molecule has 10 heteroatoms. The predicted molar refractivity (Wildman–Crippen MR) is 96.2 cm³/mol. The third-order valence-corrected chi connectivity index (χ3v) is 3.77. The number of nitrogens with zero attached hydrogens (tertiary/aromatic N) is 4. The molecule has 10 nitrogen and oxygen atoms in total. The van der Waals surface area contributed by atoms with Crippen LogP contribution in [0.1, 0.15) is 13.8 Å². The topological polar surface area (TPSA) is 133 Å². The van der Waals surface area contributed by atoms with Gasteiger partial charge in [0.1, 0.15) is 6.07 Å². The van der Waals surface area contributed by atoms with Gasteiger partial charge in [-0.25, -0.2) is 19.3 Å². The van der Waals surface area contributed by atoms with E-state index in [0.29, 0.717) is 4.68 Å². The van der Waals surface area contributed by atoms with E-state index in [9.17, 15) is 24.4 Å². The van der Waals surface area contributed by atoms with Crippen molar-refractivity contribution < 1.29 is 9.59 Å². The summed E-state index contributed by atoms with van der Waals surface area (Å²) in [6.45, 7) is 3.28. The maximum atomic E-state index is 12.9. The monoisotopic (exact) mass is 372 g/mol. The highest BCUT2D eigenvalue weighted by atomic mass is 16.2. The molecule has 1 aromatic heterocycles. The van der Waals surface area contributed by atoms with E-state index in [0.717, 1.165) is 9.47 Å². The lowest BCUT2D eigenvalue weighted by Gasteiger charge is -2.27. The van der Waals surface area contributed by atoms with Crippen LogP contribution < -0.4 is 16.7 Å². The van der Waals surface area contributed by atoms with Gasteiger partial charge in [-0.15, -0.1) is 0 Å². The number of hydrogen-bond acceptors (Lipinski definition) is 5. The quantitative estimate of drug-likeness (QED) is 0.660. The van der Waals surface area contributed by atoms with Crippen LogP contribution in [0.25, 0.3) is 5.69 Å². The van der Waals surface area contributed by atoms with Crippen molar-refractivity contribution in [3.8, 4) is 11.8 Å². The molecule has 2 aromatic rings. The number of benzene rings is 1. The summed E-state index contributed by atoms with van der Waals surface area (Å²) >= 11 is 0. The molecule has 0 radical (unpaired) electrons. The van der Waals surface area contributed by atoms with Crippen molar-refractivity contribution >= 4 is 11.8 Å². The summed E-state index contributed by atoms with van der Waals surface area (Å²) in [5.74, 6) is -1.98. The number of nitrogens with one attached hydrogen (secondary N) is 2. The second kappa shape index (κ2) is 7.33. The second-order valence-corrected chi connectivity index (χ2v) is 6.36. The third-order valence-electron chi connectivity index (χ3n) is 3.77. The van der Waals surface area contributed by atoms with Gasteiger partial charge in [0.15, 0.2) is 0 Å². The molecule has 1 atom stereocenters. The van der Waals surface area contributed by atoms with Gasteiger partial charge in [0, 0.05) is 20.1 Å². The lowest BCUT2D eigenvalue weighted by atomic mass is 9.98. The van der Waals surface area contributed by atoms with Crippen LogP contribution in [0.5, 0.6) is 0 Å². The van der Waals surface area contributed by atoms with Gasteiger partial charge in [-0.05, 0) is 26.0 Å². The molecule has 27 heavy (non-hydrogen) atoms. The maximum absolute atomic E-state index is 12.9. The first-order chi connectivity index (χ1) is 12.7. The largest absolute Gasteiger partial charge is 0.354 e. The molecule has 0 aliphatic carbocycles. The second-order valence-electron chi connectivity index (χ2n) is 6.36. The maximum Gasteiger partial charge on any atom is 0.354 e. The van der Waals surface area contributed by atoms with Crippen LogP contribution in [0, 0.1) is 11.3 Å². The molecule has 0 spiro atoms. The van der Waals surface area contributed by atoms with Gasteiger partial charge in [0.25, 0.3) is 11.8 Å². The fourth-order valence-corrected chi connectivity index (χ4v) is 2.55. The molecule has 2 rings (SSSR count). The summed E-state index contributed by atoms with van der Waals surface area (Å²) in [5.41, 5.74) is -4.25. The smallest absolute Gasteiger partial charge is 0.350 e. The SMILES string of the molecule is CC(C)NC(=O)C(C#N)(C(=O)N(C)C)n1[nH]c(=O)n(-c2ccccc2)c1=O. The molecule has 0 aliphatic rings. The number of carbonyl (C=O) groups is 2. The molecule has 142 valence electrons. The van der Waals surface area contributed by atoms with Gasteiger partial charge >= 0.3 is 16.9 Å². The average molecular weight is 372 g/mol. The van der Waals surface area contributed by atoms with Crippen LogP contribution in [-0.4, -0.2) is 51.2 Å². The summed E-state index contributed by atoms with van der Waals surface area (Å²) in [4.78, 5) is 51.9. The molecule has 1 unspecified atom stereocenters. The highest BCUT2D eigenvalue weighted by Gasteiger charge is 2.52. The molecule has 0 fully saturated rings. The highest BCUT2D eigenvalue weighted by Crippen LogP contribution is 2.17. The Morgan fingerprint density at radius 3 is 2.30 bits per heavy atom. The molecular formula is C17H20N6O4. The van der Waals surface area contributed by atoms with Crippen LogP contribution in [-0.2, 0) is 15.1 Å². The Morgan fingerprint density at radius 1 is 1.22 bits per heavy atom. The van der Waals surface area contributed by atoms with Crippen molar-refractivity contribution in [2.75, 3.05) is 14.1 Å². The molecule has 2 amide bonds. The number of aromatic nitrogens is 3.